The van der Waals surface area contributed by atoms with E-state index in [-0.39, 0.29) is 5.91 Å². The second kappa shape index (κ2) is 9.42. The molecule has 2 fully saturated rings. The van der Waals surface area contributed by atoms with Crippen LogP contribution >= 0.6 is 0 Å². The lowest BCUT2D eigenvalue weighted by molar-refractivity contribution is -0.123. The molecule has 122 valence electrons. The first-order valence-corrected chi connectivity index (χ1v) is 8.92. The van der Waals surface area contributed by atoms with E-state index in [1.54, 1.807) is 0 Å². The maximum Gasteiger partial charge on any atom is 0.220 e. The second-order valence-electron chi connectivity index (χ2n) is 6.60. The fraction of sp³-hybridized carbons (Fsp3) is 0.941. The summed E-state index contributed by atoms with van der Waals surface area (Å²) in [4.78, 5) is 12.0. The van der Waals surface area contributed by atoms with E-state index >= 15 is 0 Å². The number of amides is 1. The molecule has 0 bridgehead atoms. The lowest BCUT2D eigenvalue weighted by Gasteiger charge is -2.30. The van der Waals surface area contributed by atoms with Crippen LogP contribution in [0.5, 0.6) is 0 Å². The topological polar surface area (TPSA) is 50.4 Å². The number of carbonyl (C=O) groups excluding carboxylic acids is 1. The summed E-state index contributed by atoms with van der Waals surface area (Å²) >= 11 is 0. The van der Waals surface area contributed by atoms with Crippen LogP contribution in [0.25, 0.3) is 0 Å². The highest BCUT2D eigenvalue weighted by Gasteiger charge is 2.22. The molecular weight excluding hydrogens is 264 g/mol. The maximum absolute atomic E-state index is 12.0. The third-order valence-corrected chi connectivity index (χ3v) is 4.74. The molecule has 1 amide bonds. The predicted octanol–water partition coefficient (Wildman–Crippen LogP) is 2.76. The highest BCUT2D eigenvalue weighted by Crippen LogP contribution is 2.20. The van der Waals surface area contributed by atoms with Crippen LogP contribution in [0.2, 0.25) is 0 Å². The van der Waals surface area contributed by atoms with E-state index in [2.05, 4.69) is 17.6 Å². The van der Waals surface area contributed by atoms with E-state index in [9.17, 15) is 4.79 Å². The van der Waals surface area contributed by atoms with Gasteiger partial charge >= 0.3 is 0 Å². The van der Waals surface area contributed by atoms with E-state index in [4.69, 9.17) is 4.74 Å². The maximum atomic E-state index is 12.0. The molecule has 21 heavy (non-hydrogen) atoms. The van der Waals surface area contributed by atoms with Crippen molar-refractivity contribution in [3.05, 3.63) is 0 Å². The summed E-state index contributed by atoms with van der Waals surface area (Å²) in [5.74, 6) is 0.217. The fourth-order valence-corrected chi connectivity index (χ4v) is 3.42. The van der Waals surface area contributed by atoms with Crippen molar-refractivity contribution in [2.24, 2.45) is 0 Å². The second-order valence-corrected chi connectivity index (χ2v) is 6.60. The summed E-state index contributed by atoms with van der Waals surface area (Å²) in [5.41, 5.74) is 0. The molecule has 0 aromatic heterocycles. The third-order valence-electron chi connectivity index (χ3n) is 4.74. The molecule has 1 heterocycles. The van der Waals surface area contributed by atoms with Crippen molar-refractivity contribution >= 4 is 5.91 Å². The van der Waals surface area contributed by atoms with Crippen LogP contribution in [0, 0.1) is 0 Å². The van der Waals surface area contributed by atoms with Gasteiger partial charge in [0.1, 0.15) is 0 Å². The van der Waals surface area contributed by atoms with E-state index < -0.39 is 0 Å². The van der Waals surface area contributed by atoms with Crippen molar-refractivity contribution in [1.29, 1.82) is 0 Å². The van der Waals surface area contributed by atoms with Crippen LogP contribution in [-0.4, -0.2) is 37.2 Å². The van der Waals surface area contributed by atoms with E-state index in [1.807, 2.05) is 0 Å². The van der Waals surface area contributed by atoms with Crippen molar-refractivity contribution in [1.82, 2.24) is 10.6 Å². The Morgan fingerprint density at radius 3 is 2.52 bits per heavy atom. The molecule has 4 heteroatoms. The smallest absolute Gasteiger partial charge is 0.220 e. The molecule has 1 atom stereocenters. The molecule has 1 aliphatic heterocycles. The highest BCUT2D eigenvalue weighted by atomic mass is 16.5. The molecule has 4 nitrogen and oxygen atoms in total. The normalized spacial score (nSPS) is 30.0. The zero-order valence-electron chi connectivity index (χ0n) is 13.5. The summed E-state index contributed by atoms with van der Waals surface area (Å²) in [6.07, 6.45) is 11.2. The van der Waals surface area contributed by atoms with E-state index in [0.29, 0.717) is 24.6 Å². The molecule has 1 aliphatic carbocycles. The Hall–Kier alpha value is -0.610. The van der Waals surface area contributed by atoms with Gasteiger partial charge in [0.25, 0.3) is 0 Å². The standard InChI is InChI=1S/C17H32N2O2/c1-2-12-18-14-6-8-15(9-7-14)19-17(20)11-10-16-5-3-4-13-21-16/h14-16,18H,2-13H2,1H3,(H,19,20). The highest BCUT2D eigenvalue weighted by molar-refractivity contribution is 5.76. The van der Waals surface area contributed by atoms with Crippen molar-refractivity contribution in [3.63, 3.8) is 0 Å². The van der Waals surface area contributed by atoms with Gasteiger partial charge in [-0.3, -0.25) is 4.79 Å². The monoisotopic (exact) mass is 296 g/mol. The minimum atomic E-state index is 0.217. The number of ether oxygens (including phenoxy) is 1. The average Bonchev–Trinajstić information content (AvgIpc) is 2.53. The van der Waals surface area contributed by atoms with Gasteiger partial charge in [-0.1, -0.05) is 6.92 Å². The molecule has 0 aromatic rings. The Kier molecular flexibility index (Phi) is 7.51. The van der Waals surface area contributed by atoms with Gasteiger partial charge in [0.05, 0.1) is 6.10 Å². The molecule has 2 N–H and O–H groups in total. The lowest BCUT2D eigenvalue weighted by atomic mass is 9.91. The van der Waals surface area contributed by atoms with Gasteiger partial charge in [0.15, 0.2) is 0 Å². The Bertz CT molecular complexity index is 295. The summed E-state index contributed by atoms with van der Waals surface area (Å²) in [6, 6.07) is 1.05. The van der Waals surface area contributed by atoms with Gasteiger partial charge in [-0.2, -0.15) is 0 Å². The zero-order chi connectivity index (χ0) is 14.9. The Labute approximate surface area is 129 Å². The number of hydrogen-bond acceptors (Lipinski definition) is 3. The number of hydrogen-bond donors (Lipinski definition) is 2. The van der Waals surface area contributed by atoms with Gasteiger partial charge in [0.2, 0.25) is 5.91 Å². The number of rotatable bonds is 7. The predicted molar refractivity (Wildman–Crippen MR) is 85.3 cm³/mol. The molecule has 0 aromatic carbocycles. The van der Waals surface area contributed by atoms with Crippen LogP contribution in [0.15, 0.2) is 0 Å². The Morgan fingerprint density at radius 2 is 1.86 bits per heavy atom. The SMILES string of the molecule is CCCNC1CCC(NC(=O)CCC2CCCCO2)CC1. The first kappa shape index (κ1) is 16.8. The zero-order valence-corrected chi connectivity index (χ0v) is 13.5. The molecular formula is C17H32N2O2. The van der Waals surface area contributed by atoms with Gasteiger partial charge in [-0.15, -0.1) is 0 Å². The molecule has 2 aliphatic rings. The first-order valence-electron chi connectivity index (χ1n) is 8.92. The quantitative estimate of drug-likeness (QED) is 0.759. The van der Waals surface area contributed by atoms with Gasteiger partial charge in [-0.05, 0) is 64.3 Å². The van der Waals surface area contributed by atoms with Crippen molar-refractivity contribution in [2.75, 3.05) is 13.2 Å². The summed E-state index contributed by atoms with van der Waals surface area (Å²) in [7, 11) is 0. The van der Waals surface area contributed by atoms with Crippen molar-refractivity contribution in [3.8, 4) is 0 Å². The Balaban J connectivity index is 1.56. The molecule has 0 radical (unpaired) electrons. The number of nitrogens with one attached hydrogen (secondary N) is 2. The lowest BCUT2D eigenvalue weighted by Crippen LogP contribution is -2.42. The van der Waals surface area contributed by atoms with Gasteiger partial charge in [-0.25, -0.2) is 0 Å². The van der Waals surface area contributed by atoms with Crippen LogP contribution in [0.1, 0.15) is 71.1 Å². The molecule has 1 unspecified atom stereocenters. The van der Waals surface area contributed by atoms with E-state index in [0.717, 1.165) is 38.8 Å². The molecule has 2 rings (SSSR count). The van der Waals surface area contributed by atoms with Crippen molar-refractivity contribution in [2.45, 2.75) is 89.3 Å². The minimum Gasteiger partial charge on any atom is -0.378 e. The van der Waals surface area contributed by atoms with Crippen LogP contribution in [-0.2, 0) is 9.53 Å². The summed E-state index contributed by atoms with van der Waals surface area (Å²) in [6.45, 7) is 4.19. The van der Waals surface area contributed by atoms with Crippen LogP contribution in [0.4, 0.5) is 0 Å². The van der Waals surface area contributed by atoms with Crippen LogP contribution in [0.3, 0.4) is 0 Å². The third kappa shape index (κ3) is 6.35. The average molecular weight is 296 g/mol. The number of carbonyl (C=O) groups is 1. The summed E-state index contributed by atoms with van der Waals surface area (Å²) < 4.78 is 5.68. The van der Waals surface area contributed by atoms with Crippen LogP contribution < -0.4 is 10.6 Å². The first-order chi connectivity index (χ1) is 10.3. The van der Waals surface area contributed by atoms with Gasteiger partial charge < -0.3 is 15.4 Å². The molecule has 1 saturated carbocycles. The Morgan fingerprint density at radius 1 is 1.10 bits per heavy atom. The largest absolute Gasteiger partial charge is 0.378 e. The molecule has 1 saturated heterocycles. The summed E-state index contributed by atoms with van der Waals surface area (Å²) in [5, 5.41) is 6.80. The molecule has 0 spiro atoms. The fourth-order valence-electron chi connectivity index (χ4n) is 3.42. The minimum absolute atomic E-state index is 0.217. The van der Waals surface area contributed by atoms with Crippen molar-refractivity contribution < 1.29 is 9.53 Å². The van der Waals surface area contributed by atoms with E-state index in [1.165, 1.54) is 32.1 Å². The van der Waals surface area contributed by atoms with Gasteiger partial charge in [0, 0.05) is 25.1 Å².